The van der Waals surface area contributed by atoms with Crippen LogP contribution in [0.2, 0.25) is 0 Å². The molecule has 0 aliphatic heterocycles. The fourth-order valence-corrected chi connectivity index (χ4v) is 2.36. The van der Waals surface area contributed by atoms with Gasteiger partial charge in [-0.25, -0.2) is 0 Å². The van der Waals surface area contributed by atoms with Crippen LogP contribution < -0.4 is 5.32 Å². The molecule has 0 saturated heterocycles. The Morgan fingerprint density at radius 3 is 2.70 bits per heavy atom. The van der Waals surface area contributed by atoms with Crippen molar-refractivity contribution in [3.8, 4) is 0 Å². The van der Waals surface area contributed by atoms with Crippen molar-refractivity contribution in [3.05, 3.63) is 74.2 Å². The first-order valence-corrected chi connectivity index (χ1v) is 7.08. The van der Waals surface area contributed by atoms with E-state index in [1.54, 1.807) is 12.1 Å². The summed E-state index contributed by atoms with van der Waals surface area (Å²) >= 11 is 3.50. The van der Waals surface area contributed by atoms with E-state index >= 15 is 0 Å². The van der Waals surface area contributed by atoms with E-state index in [1.165, 1.54) is 6.07 Å². The number of nitrogens with zero attached hydrogens (tertiary/aromatic N) is 1. The summed E-state index contributed by atoms with van der Waals surface area (Å²) in [5, 5.41) is 14.1. The van der Waals surface area contributed by atoms with Gasteiger partial charge in [0.15, 0.2) is 0 Å². The molecule has 0 fully saturated rings. The van der Waals surface area contributed by atoms with Crippen molar-refractivity contribution >= 4 is 21.6 Å². The first-order valence-electron chi connectivity index (χ1n) is 6.29. The van der Waals surface area contributed by atoms with Crippen LogP contribution in [-0.4, -0.2) is 4.92 Å². The zero-order valence-electron chi connectivity index (χ0n) is 11.0. The molecule has 0 amide bonds. The quantitative estimate of drug-likeness (QED) is 0.658. The molecule has 4 nitrogen and oxygen atoms in total. The van der Waals surface area contributed by atoms with Gasteiger partial charge in [-0.3, -0.25) is 10.1 Å². The molecule has 0 spiro atoms. The lowest BCUT2D eigenvalue weighted by Gasteiger charge is -2.14. The molecule has 0 aliphatic carbocycles. The number of hydrogen-bond donors (Lipinski definition) is 1. The predicted molar refractivity (Wildman–Crippen MR) is 82.5 cm³/mol. The van der Waals surface area contributed by atoms with Gasteiger partial charge in [-0.15, -0.1) is 0 Å². The molecule has 0 bridgehead atoms. The minimum Gasteiger partial charge on any atom is -0.306 e. The van der Waals surface area contributed by atoms with Gasteiger partial charge in [-0.1, -0.05) is 46.3 Å². The lowest BCUT2D eigenvalue weighted by molar-refractivity contribution is -0.384. The summed E-state index contributed by atoms with van der Waals surface area (Å²) in [6.45, 7) is 2.70. The van der Waals surface area contributed by atoms with Crippen LogP contribution in [0.3, 0.4) is 0 Å². The first kappa shape index (κ1) is 14.7. The van der Waals surface area contributed by atoms with Gasteiger partial charge in [0.25, 0.3) is 5.69 Å². The highest BCUT2D eigenvalue weighted by atomic mass is 79.9. The van der Waals surface area contributed by atoms with Crippen LogP contribution in [0.1, 0.15) is 24.1 Å². The van der Waals surface area contributed by atoms with E-state index < -0.39 is 0 Å². The van der Waals surface area contributed by atoms with Gasteiger partial charge in [0.05, 0.1) is 4.92 Å². The van der Waals surface area contributed by atoms with E-state index in [-0.39, 0.29) is 16.7 Å². The van der Waals surface area contributed by atoms with Crippen molar-refractivity contribution in [3.63, 3.8) is 0 Å². The SMILES string of the molecule is CC(NCc1ccccc1Br)c1cccc([N+](=O)[O-])c1. The van der Waals surface area contributed by atoms with Gasteiger partial charge in [-0.2, -0.15) is 0 Å². The molecular formula is C15H15BrN2O2. The van der Waals surface area contributed by atoms with Gasteiger partial charge >= 0.3 is 0 Å². The van der Waals surface area contributed by atoms with E-state index in [1.807, 2.05) is 37.3 Å². The molecule has 1 unspecified atom stereocenters. The van der Waals surface area contributed by atoms with Gasteiger partial charge in [0, 0.05) is 29.2 Å². The summed E-state index contributed by atoms with van der Waals surface area (Å²) in [6, 6.07) is 14.8. The fourth-order valence-electron chi connectivity index (χ4n) is 1.93. The van der Waals surface area contributed by atoms with Crippen molar-refractivity contribution in [1.29, 1.82) is 0 Å². The number of nitro benzene ring substituents is 1. The second-order valence-electron chi connectivity index (χ2n) is 4.55. The van der Waals surface area contributed by atoms with Crippen molar-refractivity contribution in [2.75, 3.05) is 0 Å². The molecule has 2 rings (SSSR count). The summed E-state index contributed by atoms with van der Waals surface area (Å²) in [4.78, 5) is 10.4. The minimum absolute atomic E-state index is 0.0435. The zero-order valence-corrected chi connectivity index (χ0v) is 12.6. The third kappa shape index (κ3) is 3.65. The Balaban J connectivity index is 2.05. The maximum atomic E-state index is 10.8. The Kier molecular flexibility index (Phi) is 4.87. The monoisotopic (exact) mass is 334 g/mol. The second kappa shape index (κ2) is 6.63. The van der Waals surface area contributed by atoms with Crippen LogP contribution >= 0.6 is 15.9 Å². The van der Waals surface area contributed by atoms with Gasteiger partial charge in [-0.05, 0) is 24.1 Å². The maximum Gasteiger partial charge on any atom is 0.269 e. The summed E-state index contributed by atoms with van der Waals surface area (Å²) in [5.74, 6) is 0. The largest absolute Gasteiger partial charge is 0.306 e. The molecule has 2 aromatic carbocycles. The number of hydrogen-bond acceptors (Lipinski definition) is 3. The smallest absolute Gasteiger partial charge is 0.269 e. The van der Waals surface area contributed by atoms with E-state index in [2.05, 4.69) is 21.2 Å². The maximum absolute atomic E-state index is 10.8. The average molecular weight is 335 g/mol. The molecule has 0 heterocycles. The van der Waals surface area contributed by atoms with Crippen LogP contribution in [0.5, 0.6) is 0 Å². The van der Waals surface area contributed by atoms with Gasteiger partial charge in [0.1, 0.15) is 0 Å². The molecule has 104 valence electrons. The van der Waals surface area contributed by atoms with Crippen molar-refractivity contribution in [2.24, 2.45) is 0 Å². The van der Waals surface area contributed by atoms with Crippen LogP contribution in [-0.2, 0) is 6.54 Å². The van der Waals surface area contributed by atoms with Crippen LogP contribution in [0.25, 0.3) is 0 Å². The summed E-state index contributed by atoms with van der Waals surface area (Å²) in [7, 11) is 0. The third-order valence-corrected chi connectivity index (χ3v) is 3.91. The number of benzene rings is 2. The van der Waals surface area contributed by atoms with E-state index in [9.17, 15) is 10.1 Å². The van der Waals surface area contributed by atoms with Crippen molar-refractivity contribution in [2.45, 2.75) is 19.5 Å². The zero-order chi connectivity index (χ0) is 14.5. The lowest BCUT2D eigenvalue weighted by atomic mass is 10.1. The highest BCUT2D eigenvalue weighted by molar-refractivity contribution is 9.10. The van der Waals surface area contributed by atoms with Crippen molar-refractivity contribution < 1.29 is 4.92 Å². The van der Waals surface area contributed by atoms with Crippen LogP contribution in [0, 0.1) is 10.1 Å². The highest BCUT2D eigenvalue weighted by Gasteiger charge is 2.10. The molecule has 0 aromatic heterocycles. The molecular weight excluding hydrogens is 320 g/mol. The number of nitrogens with one attached hydrogen (secondary N) is 1. The highest BCUT2D eigenvalue weighted by Crippen LogP contribution is 2.21. The minimum atomic E-state index is -0.371. The Morgan fingerprint density at radius 2 is 2.00 bits per heavy atom. The molecule has 1 atom stereocenters. The normalized spacial score (nSPS) is 12.1. The van der Waals surface area contributed by atoms with Crippen LogP contribution in [0.15, 0.2) is 53.0 Å². The van der Waals surface area contributed by atoms with E-state index in [0.29, 0.717) is 6.54 Å². The molecule has 0 radical (unpaired) electrons. The standard InChI is InChI=1S/C15H15BrN2O2/c1-11(12-6-4-7-14(9-12)18(19)20)17-10-13-5-2-3-8-15(13)16/h2-9,11,17H,10H2,1H3. The summed E-state index contributed by atoms with van der Waals surface area (Å²) < 4.78 is 1.05. The van der Waals surface area contributed by atoms with Crippen LogP contribution in [0.4, 0.5) is 5.69 Å². The summed E-state index contributed by atoms with van der Waals surface area (Å²) in [6.07, 6.45) is 0. The molecule has 20 heavy (non-hydrogen) atoms. The number of halogens is 1. The van der Waals surface area contributed by atoms with Gasteiger partial charge in [0.2, 0.25) is 0 Å². The Bertz CT molecular complexity index is 616. The van der Waals surface area contributed by atoms with Gasteiger partial charge < -0.3 is 5.32 Å². The molecule has 2 aromatic rings. The number of nitro groups is 1. The first-order chi connectivity index (χ1) is 9.58. The lowest BCUT2D eigenvalue weighted by Crippen LogP contribution is -2.18. The number of rotatable bonds is 5. The molecule has 0 saturated carbocycles. The second-order valence-corrected chi connectivity index (χ2v) is 5.40. The molecule has 0 aliphatic rings. The topological polar surface area (TPSA) is 55.2 Å². The Labute approximate surface area is 126 Å². The number of non-ortho nitro benzene ring substituents is 1. The van der Waals surface area contributed by atoms with E-state index in [4.69, 9.17) is 0 Å². The third-order valence-electron chi connectivity index (χ3n) is 3.14. The summed E-state index contributed by atoms with van der Waals surface area (Å²) in [5.41, 5.74) is 2.19. The Hall–Kier alpha value is -1.72. The molecule has 1 N–H and O–H groups in total. The van der Waals surface area contributed by atoms with Crippen molar-refractivity contribution in [1.82, 2.24) is 5.32 Å². The average Bonchev–Trinajstić information content (AvgIpc) is 2.46. The Morgan fingerprint density at radius 1 is 1.25 bits per heavy atom. The van der Waals surface area contributed by atoms with E-state index in [0.717, 1.165) is 15.6 Å². The predicted octanol–water partition coefficient (Wildman–Crippen LogP) is 4.21. The molecule has 5 heteroatoms. The fraction of sp³-hybridized carbons (Fsp3) is 0.200.